The van der Waals surface area contributed by atoms with Gasteiger partial charge in [-0.15, -0.1) is 0 Å². The molecule has 0 aliphatic carbocycles. The molecule has 0 amide bonds. The summed E-state index contributed by atoms with van der Waals surface area (Å²) < 4.78 is 5.42. The second-order valence-electron chi connectivity index (χ2n) is 3.43. The topological polar surface area (TPSA) is 59.4 Å². The van der Waals surface area contributed by atoms with Crippen molar-refractivity contribution in [3.63, 3.8) is 0 Å². The minimum Gasteiger partial charge on any atom is -0.478 e. The molecule has 86 valence electrons. The van der Waals surface area contributed by atoms with Crippen LogP contribution in [0.1, 0.15) is 11.7 Å². The lowest BCUT2D eigenvalue weighted by atomic mass is 10.1. The Balaban J connectivity index is 2.23. The highest BCUT2D eigenvalue weighted by molar-refractivity contribution is 5.74. The maximum atomic E-state index is 11.2. The quantitative estimate of drug-likeness (QED) is 0.873. The lowest BCUT2D eigenvalue weighted by molar-refractivity contribution is -0.145. The van der Waals surface area contributed by atoms with Crippen molar-refractivity contribution >= 4 is 5.97 Å². The van der Waals surface area contributed by atoms with Gasteiger partial charge in [0, 0.05) is 18.0 Å². The van der Waals surface area contributed by atoms with E-state index < -0.39 is 12.1 Å². The van der Waals surface area contributed by atoms with E-state index in [9.17, 15) is 4.79 Å². The van der Waals surface area contributed by atoms with Crippen molar-refractivity contribution in [3.05, 3.63) is 60.4 Å². The molecule has 0 saturated heterocycles. The molecular weight excluding hydrogens is 218 g/mol. The Morgan fingerprint density at radius 3 is 2.35 bits per heavy atom. The van der Waals surface area contributed by atoms with Gasteiger partial charge >= 0.3 is 5.97 Å². The summed E-state index contributed by atoms with van der Waals surface area (Å²) in [7, 11) is 0. The Kier molecular flexibility index (Phi) is 3.35. The number of aromatic nitrogens is 1. The Labute approximate surface area is 98.5 Å². The number of ether oxygens (including phenoxy) is 1. The number of aliphatic carboxylic acids is 1. The van der Waals surface area contributed by atoms with Gasteiger partial charge in [0.15, 0.2) is 0 Å². The van der Waals surface area contributed by atoms with Crippen molar-refractivity contribution in [3.8, 4) is 5.75 Å². The maximum Gasteiger partial charge on any atom is 0.349 e. The minimum absolute atomic E-state index is 0.483. The van der Waals surface area contributed by atoms with E-state index >= 15 is 0 Å². The van der Waals surface area contributed by atoms with Gasteiger partial charge in [-0.2, -0.15) is 0 Å². The van der Waals surface area contributed by atoms with Crippen LogP contribution in [0.25, 0.3) is 0 Å². The molecule has 0 aliphatic heterocycles. The Morgan fingerprint density at radius 1 is 1.12 bits per heavy atom. The minimum atomic E-state index is -1.02. The number of pyridine rings is 1. The number of carboxylic acid groups (broad SMARTS) is 1. The standard InChI is InChI=1S/C13H11NO3/c15-13(16)12(10-4-2-1-3-5-10)17-11-6-8-14-9-7-11/h1-9,12H,(H,15,16). The summed E-state index contributed by atoms with van der Waals surface area (Å²) in [6, 6.07) is 12.1. The van der Waals surface area contributed by atoms with E-state index in [0.717, 1.165) is 0 Å². The lowest BCUT2D eigenvalue weighted by Crippen LogP contribution is -2.18. The summed E-state index contributed by atoms with van der Waals surface area (Å²) >= 11 is 0. The maximum absolute atomic E-state index is 11.2. The molecule has 4 heteroatoms. The second kappa shape index (κ2) is 5.12. The number of carbonyl (C=O) groups is 1. The first-order chi connectivity index (χ1) is 8.27. The van der Waals surface area contributed by atoms with Gasteiger partial charge in [0.1, 0.15) is 5.75 Å². The zero-order valence-corrected chi connectivity index (χ0v) is 8.98. The van der Waals surface area contributed by atoms with Gasteiger partial charge in [-0.25, -0.2) is 4.79 Å². The first-order valence-electron chi connectivity index (χ1n) is 5.12. The van der Waals surface area contributed by atoms with E-state index in [2.05, 4.69) is 4.98 Å². The third-order valence-corrected chi connectivity index (χ3v) is 2.23. The van der Waals surface area contributed by atoms with E-state index in [1.807, 2.05) is 6.07 Å². The van der Waals surface area contributed by atoms with E-state index in [1.165, 1.54) is 0 Å². The first-order valence-corrected chi connectivity index (χ1v) is 5.12. The summed E-state index contributed by atoms with van der Waals surface area (Å²) in [6.07, 6.45) is 2.11. The zero-order chi connectivity index (χ0) is 12.1. The van der Waals surface area contributed by atoms with E-state index in [4.69, 9.17) is 9.84 Å². The average Bonchev–Trinajstić information content (AvgIpc) is 2.38. The van der Waals surface area contributed by atoms with Crippen LogP contribution in [0.5, 0.6) is 5.75 Å². The van der Waals surface area contributed by atoms with Gasteiger partial charge in [-0.05, 0) is 12.1 Å². The molecular formula is C13H11NO3. The molecule has 0 bridgehead atoms. The van der Waals surface area contributed by atoms with Crippen LogP contribution in [0.15, 0.2) is 54.9 Å². The lowest BCUT2D eigenvalue weighted by Gasteiger charge is -2.14. The zero-order valence-electron chi connectivity index (χ0n) is 8.98. The van der Waals surface area contributed by atoms with Crippen LogP contribution < -0.4 is 4.74 Å². The molecule has 0 radical (unpaired) electrons. The first kappa shape index (κ1) is 11.1. The van der Waals surface area contributed by atoms with Gasteiger partial charge in [0.25, 0.3) is 0 Å². The summed E-state index contributed by atoms with van der Waals surface area (Å²) in [5, 5.41) is 9.15. The molecule has 1 atom stereocenters. The highest BCUT2D eigenvalue weighted by Crippen LogP contribution is 2.21. The highest BCUT2D eigenvalue weighted by Gasteiger charge is 2.21. The van der Waals surface area contributed by atoms with Crippen molar-refractivity contribution in [1.82, 2.24) is 4.98 Å². The van der Waals surface area contributed by atoms with Crippen LogP contribution in [-0.4, -0.2) is 16.1 Å². The van der Waals surface area contributed by atoms with E-state index in [0.29, 0.717) is 11.3 Å². The Bertz CT molecular complexity index is 485. The molecule has 2 aromatic rings. The number of carboxylic acids is 1. The molecule has 4 nitrogen and oxygen atoms in total. The largest absolute Gasteiger partial charge is 0.478 e. The fourth-order valence-corrected chi connectivity index (χ4v) is 1.44. The fraction of sp³-hybridized carbons (Fsp3) is 0.0769. The van der Waals surface area contributed by atoms with Crippen LogP contribution in [-0.2, 0) is 4.79 Å². The van der Waals surface area contributed by atoms with Crippen molar-refractivity contribution in [2.24, 2.45) is 0 Å². The number of hydrogen-bond donors (Lipinski definition) is 1. The third-order valence-electron chi connectivity index (χ3n) is 2.23. The van der Waals surface area contributed by atoms with Crippen LogP contribution in [0.2, 0.25) is 0 Å². The SMILES string of the molecule is O=C(O)C(Oc1ccncc1)c1ccccc1. The van der Waals surface area contributed by atoms with Crippen molar-refractivity contribution in [2.45, 2.75) is 6.10 Å². The number of hydrogen-bond acceptors (Lipinski definition) is 3. The molecule has 0 fully saturated rings. The molecule has 1 unspecified atom stereocenters. The number of nitrogens with zero attached hydrogens (tertiary/aromatic N) is 1. The molecule has 17 heavy (non-hydrogen) atoms. The Morgan fingerprint density at radius 2 is 1.76 bits per heavy atom. The number of benzene rings is 1. The van der Waals surface area contributed by atoms with Gasteiger partial charge in [-0.3, -0.25) is 4.98 Å². The van der Waals surface area contributed by atoms with Crippen molar-refractivity contribution in [2.75, 3.05) is 0 Å². The van der Waals surface area contributed by atoms with Gasteiger partial charge in [-0.1, -0.05) is 30.3 Å². The summed E-state index contributed by atoms with van der Waals surface area (Å²) in [4.78, 5) is 15.0. The molecule has 1 aromatic carbocycles. The summed E-state index contributed by atoms with van der Waals surface area (Å²) in [5.74, 6) is -0.538. The molecule has 0 spiro atoms. The third kappa shape index (κ3) is 2.81. The van der Waals surface area contributed by atoms with Gasteiger partial charge in [0.2, 0.25) is 6.10 Å². The predicted octanol–water partition coefficient (Wildman–Crippen LogP) is 2.29. The van der Waals surface area contributed by atoms with Crippen LogP contribution in [0, 0.1) is 0 Å². The average molecular weight is 229 g/mol. The summed E-state index contributed by atoms with van der Waals surface area (Å²) in [5.41, 5.74) is 0.608. The molecule has 0 aliphatic rings. The monoisotopic (exact) mass is 229 g/mol. The van der Waals surface area contributed by atoms with Crippen LogP contribution >= 0.6 is 0 Å². The van der Waals surface area contributed by atoms with Gasteiger partial charge < -0.3 is 9.84 Å². The highest BCUT2D eigenvalue weighted by atomic mass is 16.5. The second-order valence-corrected chi connectivity index (χ2v) is 3.43. The van der Waals surface area contributed by atoms with Crippen molar-refractivity contribution < 1.29 is 14.6 Å². The molecule has 1 aromatic heterocycles. The van der Waals surface area contributed by atoms with Crippen LogP contribution in [0.3, 0.4) is 0 Å². The van der Waals surface area contributed by atoms with Gasteiger partial charge in [0.05, 0.1) is 0 Å². The normalized spacial score (nSPS) is 11.8. The molecule has 1 N–H and O–H groups in total. The van der Waals surface area contributed by atoms with E-state index in [1.54, 1.807) is 48.8 Å². The molecule has 0 saturated carbocycles. The molecule has 2 rings (SSSR count). The fourth-order valence-electron chi connectivity index (χ4n) is 1.44. The molecule has 1 heterocycles. The predicted molar refractivity (Wildman–Crippen MR) is 61.7 cm³/mol. The summed E-state index contributed by atoms with van der Waals surface area (Å²) in [6.45, 7) is 0. The van der Waals surface area contributed by atoms with E-state index in [-0.39, 0.29) is 0 Å². The van der Waals surface area contributed by atoms with Crippen LogP contribution in [0.4, 0.5) is 0 Å². The van der Waals surface area contributed by atoms with Crippen molar-refractivity contribution in [1.29, 1.82) is 0 Å². The Hall–Kier alpha value is -2.36. The smallest absolute Gasteiger partial charge is 0.349 e. The number of rotatable bonds is 4.